The highest BCUT2D eigenvalue weighted by Gasteiger charge is 2.47. The van der Waals surface area contributed by atoms with Crippen molar-refractivity contribution in [3.8, 4) is 5.75 Å². The van der Waals surface area contributed by atoms with Crippen molar-refractivity contribution in [2.75, 3.05) is 19.8 Å². The normalized spacial score (nSPS) is 22.8. The van der Waals surface area contributed by atoms with Crippen LogP contribution in [0.25, 0.3) is 5.76 Å². The van der Waals surface area contributed by atoms with E-state index in [0.717, 1.165) is 12.8 Å². The smallest absolute Gasteiger partial charge is 0.295 e. The molecule has 2 aromatic carbocycles. The first kappa shape index (κ1) is 21.4. The maximum Gasteiger partial charge on any atom is 0.295 e. The molecule has 2 aromatic rings. The Bertz CT molecular complexity index is 1010. The number of aliphatic hydroxyl groups is 1. The Hall–Kier alpha value is -2.83. The first-order valence-electron chi connectivity index (χ1n) is 10.4. The fourth-order valence-electron chi connectivity index (χ4n) is 4.16. The van der Waals surface area contributed by atoms with Gasteiger partial charge in [0, 0.05) is 29.3 Å². The number of para-hydroxylation sites is 1. The molecule has 162 valence electrons. The highest BCUT2D eigenvalue weighted by molar-refractivity contribution is 6.46. The van der Waals surface area contributed by atoms with Crippen LogP contribution in [0.2, 0.25) is 5.02 Å². The van der Waals surface area contributed by atoms with E-state index in [2.05, 4.69) is 0 Å². The molecule has 2 heterocycles. The summed E-state index contributed by atoms with van der Waals surface area (Å²) in [5.41, 5.74) is 1.10. The number of benzene rings is 2. The Morgan fingerprint density at radius 2 is 1.94 bits per heavy atom. The van der Waals surface area contributed by atoms with Crippen LogP contribution in [-0.4, -0.2) is 47.6 Å². The van der Waals surface area contributed by atoms with Crippen LogP contribution < -0.4 is 4.74 Å². The molecule has 2 saturated heterocycles. The van der Waals surface area contributed by atoms with Crippen molar-refractivity contribution in [3.05, 3.63) is 70.3 Å². The van der Waals surface area contributed by atoms with Crippen molar-refractivity contribution >= 4 is 29.1 Å². The van der Waals surface area contributed by atoms with Gasteiger partial charge in [-0.15, -0.1) is 0 Å². The highest BCUT2D eigenvalue weighted by atomic mass is 35.5. The van der Waals surface area contributed by atoms with Gasteiger partial charge in [-0.05, 0) is 50.1 Å². The quantitative estimate of drug-likeness (QED) is 0.410. The van der Waals surface area contributed by atoms with Crippen LogP contribution >= 0.6 is 11.6 Å². The van der Waals surface area contributed by atoms with Gasteiger partial charge in [0.15, 0.2) is 0 Å². The number of nitrogens with zero attached hydrogens (tertiary/aromatic N) is 1. The third kappa shape index (κ3) is 4.18. The molecule has 1 N–H and O–H groups in total. The molecule has 6 nitrogen and oxygen atoms in total. The lowest BCUT2D eigenvalue weighted by Gasteiger charge is -2.28. The summed E-state index contributed by atoms with van der Waals surface area (Å²) in [7, 11) is 0. The minimum atomic E-state index is -0.775. The molecule has 2 aliphatic rings. The SMILES string of the molecule is CCOc1ccccc1C1/C(=C(/O)c2ccc(Cl)cc2)C(=O)C(=O)N1CC1CCCO1. The van der Waals surface area contributed by atoms with Crippen LogP contribution in [0.5, 0.6) is 5.75 Å². The van der Waals surface area contributed by atoms with Crippen molar-refractivity contribution in [2.45, 2.75) is 31.9 Å². The van der Waals surface area contributed by atoms with Gasteiger partial charge in [-0.25, -0.2) is 0 Å². The van der Waals surface area contributed by atoms with Gasteiger partial charge in [-0.1, -0.05) is 29.8 Å². The molecule has 0 spiro atoms. The number of halogens is 1. The van der Waals surface area contributed by atoms with Gasteiger partial charge in [0.25, 0.3) is 11.7 Å². The van der Waals surface area contributed by atoms with Gasteiger partial charge in [0.1, 0.15) is 11.5 Å². The van der Waals surface area contributed by atoms with Crippen LogP contribution in [-0.2, 0) is 14.3 Å². The predicted molar refractivity (Wildman–Crippen MR) is 117 cm³/mol. The summed E-state index contributed by atoms with van der Waals surface area (Å²) in [6, 6.07) is 13.0. The fraction of sp³-hybridized carbons (Fsp3) is 0.333. The first-order chi connectivity index (χ1) is 15.0. The van der Waals surface area contributed by atoms with Gasteiger partial charge in [-0.3, -0.25) is 9.59 Å². The summed E-state index contributed by atoms with van der Waals surface area (Å²) in [6.45, 7) is 3.21. The molecule has 0 aromatic heterocycles. The van der Waals surface area contributed by atoms with Crippen LogP contribution in [0.3, 0.4) is 0 Å². The standard InChI is InChI=1S/C24H24ClNO5/c1-2-30-19-8-4-3-7-18(19)21-20(22(27)15-9-11-16(25)12-10-15)23(28)24(29)26(21)14-17-6-5-13-31-17/h3-4,7-12,17,21,27H,2,5-6,13-14H2,1H3/b22-20-. The zero-order valence-electron chi connectivity index (χ0n) is 17.2. The predicted octanol–water partition coefficient (Wildman–Crippen LogP) is 4.34. The number of aliphatic hydroxyl groups excluding tert-OH is 1. The summed E-state index contributed by atoms with van der Waals surface area (Å²) in [5.74, 6) is -1.04. The van der Waals surface area contributed by atoms with Gasteiger partial charge >= 0.3 is 0 Å². The Morgan fingerprint density at radius 3 is 2.61 bits per heavy atom. The first-order valence-corrected chi connectivity index (χ1v) is 10.8. The van der Waals surface area contributed by atoms with Gasteiger partial charge in [0.05, 0.1) is 24.3 Å². The average Bonchev–Trinajstić information content (AvgIpc) is 3.37. The number of Topliss-reactive ketones (excluding diaryl/α,β-unsaturated/α-hetero) is 1. The summed E-state index contributed by atoms with van der Waals surface area (Å²) in [4.78, 5) is 27.7. The molecule has 4 rings (SSSR count). The molecule has 0 bridgehead atoms. The van der Waals surface area contributed by atoms with E-state index in [1.165, 1.54) is 4.90 Å². The Morgan fingerprint density at radius 1 is 1.19 bits per heavy atom. The average molecular weight is 442 g/mol. The maximum absolute atomic E-state index is 13.1. The number of carbonyl (C=O) groups is 2. The van der Waals surface area contributed by atoms with E-state index in [1.54, 1.807) is 30.3 Å². The molecule has 2 atom stereocenters. The number of carbonyl (C=O) groups excluding carboxylic acids is 2. The van der Waals surface area contributed by atoms with Gasteiger partial charge in [0.2, 0.25) is 0 Å². The van der Waals surface area contributed by atoms with Gasteiger partial charge < -0.3 is 19.5 Å². The number of ketones is 1. The zero-order valence-corrected chi connectivity index (χ0v) is 18.0. The fourth-order valence-corrected chi connectivity index (χ4v) is 4.28. The van der Waals surface area contributed by atoms with Crippen LogP contribution in [0.15, 0.2) is 54.1 Å². The Kier molecular flexibility index (Phi) is 6.30. The molecule has 2 unspecified atom stereocenters. The molecular formula is C24H24ClNO5. The van der Waals surface area contributed by atoms with E-state index in [4.69, 9.17) is 21.1 Å². The van der Waals surface area contributed by atoms with Crippen molar-refractivity contribution in [2.24, 2.45) is 0 Å². The monoisotopic (exact) mass is 441 g/mol. The number of rotatable bonds is 6. The lowest BCUT2D eigenvalue weighted by molar-refractivity contribution is -0.140. The summed E-state index contributed by atoms with van der Waals surface area (Å²) in [5, 5.41) is 11.6. The van der Waals surface area contributed by atoms with Crippen molar-refractivity contribution in [3.63, 3.8) is 0 Å². The van der Waals surface area contributed by atoms with Crippen molar-refractivity contribution < 1.29 is 24.2 Å². The molecule has 2 fully saturated rings. The molecule has 0 aliphatic carbocycles. The largest absolute Gasteiger partial charge is 0.507 e. The van der Waals surface area contributed by atoms with E-state index in [9.17, 15) is 14.7 Å². The van der Waals surface area contributed by atoms with Crippen LogP contribution in [0.1, 0.15) is 36.9 Å². The second-order valence-electron chi connectivity index (χ2n) is 7.56. The molecule has 2 aliphatic heterocycles. The minimum absolute atomic E-state index is 0.0393. The molecule has 0 radical (unpaired) electrons. The van der Waals surface area contributed by atoms with Crippen molar-refractivity contribution in [1.29, 1.82) is 0 Å². The second-order valence-corrected chi connectivity index (χ2v) is 8.00. The molecule has 0 saturated carbocycles. The van der Waals surface area contributed by atoms with Crippen LogP contribution in [0, 0.1) is 0 Å². The Balaban J connectivity index is 1.85. The van der Waals surface area contributed by atoms with Gasteiger partial charge in [-0.2, -0.15) is 0 Å². The number of hydrogen-bond acceptors (Lipinski definition) is 5. The number of ether oxygens (including phenoxy) is 2. The summed E-state index contributed by atoms with van der Waals surface area (Å²) < 4.78 is 11.5. The van der Waals surface area contributed by atoms with E-state index in [0.29, 0.717) is 35.1 Å². The summed E-state index contributed by atoms with van der Waals surface area (Å²) in [6.07, 6.45) is 1.59. The van der Waals surface area contributed by atoms with E-state index in [-0.39, 0.29) is 24.0 Å². The van der Waals surface area contributed by atoms with Crippen molar-refractivity contribution in [1.82, 2.24) is 4.90 Å². The molecule has 1 amide bonds. The second kappa shape index (κ2) is 9.12. The number of hydrogen-bond donors (Lipinski definition) is 1. The summed E-state index contributed by atoms with van der Waals surface area (Å²) >= 11 is 5.97. The third-order valence-corrected chi connectivity index (χ3v) is 5.85. The third-order valence-electron chi connectivity index (χ3n) is 5.60. The van der Waals surface area contributed by atoms with E-state index < -0.39 is 17.7 Å². The number of likely N-dealkylation sites (tertiary alicyclic amines) is 1. The highest BCUT2D eigenvalue weighted by Crippen LogP contribution is 2.43. The lowest BCUT2D eigenvalue weighted by atomic mass is 9.94. The number of amides is 1. The lowest BCUT2D eigenvalue weighted by Crippen LogP contribution is -2.36. The van der Waals surface area contributed by atoms with E-state index >= 15 is 0 Å². The molecule has 7 heteroatoms. The topological polar surface area (TPSA) is 76.1 Å². The minimum Gasteiger partial charge on any atom is -0.507 e. The maximum atomic E-state index is 13.1. The van der Waals surface area contributed by atoms with Crippen LogP contribution in [0.4, 0.5) is 0 Å². The molecule has 31 heavy (non-hydrogen) atoms. The zero-order chi connectivity index (χ0) is 22.0. The molecular weight excluding hydrogens is 418 g/mol. The van der Waals surface area contributed by atoms with E-state index in [1.807, 2.05) is 25.1 Å². The Labute approximate surface area is 186 Å².